The molecule has 0 heterocycles. The van der Waals surface area contributed by atoms with Gasteiger partial charge in [0.2, 0.25) is 5.91 Å². The third-order valence-electron chi connectivity index (χ3n) is 13.5. The molecule has 3 atom stereocenters. The summed E-state index contributed by atoms with van der Waals surface area (Å²) in [4.78, 5) is 23.3. The van der Waals surface area contributed by atoms with E-state index in [0.29, 0.717) is 23.9 Å². The van der Waals surface area contributed by atoms with Crippen LogP contribution in [0.4, 0.5) is 0 Å². The van der Waals surface area contributed by atoms with Crippen molar-refractivity contribution < 1.29 is 32.9 Å². The van der Waals surface area contributed by atoms with Crippen molar-refractivity contribution in [3.63, 3.8) is 0 Å². The molecule has 0 saturated heterocycles. The molecule has 0 spiro atoms. The highest BCUT2D eigenvalue weighted by molar-refractivity contribution is 7.47. The summed E-state index contributed by atoms with van der Waals surface area (Å²) in [7, 11) is 1.63. The van der Waals surface area contributed by atoms with Crippen LogP contribution >= 0.6 is 7.82 Å². The van der Waals surface area contributed by atoms with Crippen LogP contribution in [0.25, 0.3) is 0 Å². The fraction of sp³-hybridized carbons (Fsp3) is 0.947. The zero-order valence-corrected chi connectivity index (χ0v) is 45.9. The number of amides is 1. The van der Waals surface area contributed by atoms with E-state index < -0.39 is 20.0 Å². The van der Waals surface area contributed by atoms with E-state index in [1.54, 1.807) is 0 Å². The number of nitrogens with one attached hydrogen (secondary N) is 1. The summed E-state index contributed by atoms with van der Waals surface area (Å²) >= 11 is 0. The van der Waals surface area contributed by atoms with Crippen molar-refractivity contribution in [3.8, 4) is 0 Å². The number of allylic oxidation sites excluding steroid dienone is 2. The highest BCUT2D eigenvalue weighted by Crippen LogP contribution is 2.43. The number of rotatable bonds is 54. The van der Waals surface area contributed by atoms with Crippen LogP contribution in [0.3, 0.4) is 0 Å². The van der Waals surface area contributed by atoms with Crippen LogP contribution in [0.5, 0.6) is 0 Å². The number of phosphoric ester groups is 1. The minimum Gasteiger partial charge on any atom is -0.391 e. The third kappa shape index (κ3) is 51.1. The molecule has 0 radical (unpaired) electrons. The van der Waals surface area contributed by atoms with E-state index in [0.717, 1.165) is 38.5 Å². The van der Waals surface area contributed by atoms with Crippen LogP contribution in [-0.4, -0.2) is 73.4 Å². The minimum atomic E-state index is -4.32. The van der Waals surface area contributed by atoms with E-state index in [9.17, 15) is 19.4 Å². The van der Waals surface area contributed by atoms with Gasteiger partial charge in [-0.05, 0) is 38.5 Å². The molecule has 66 heavy (non-hydrogen) atoms. The lowest BCUT2D eigenvalue weighted by Gasteiger charge is -2.26. The first-order valence-corrected chi connectivity index (χ1v) is 30.5. The number of carbonyl (C=O) groups excluding carboxylic acids is 1. The van der Waals surface area contributed by atoms with Crippen molar-refractivity contribution in [2.24, 2.45) is 0 Å². The van der Waals surface area contributed by atoms with Gasteiger partial charge in [0.25, 0.3) is 0 Å². The zero-order valence-electron chi connectivity index (χ0n) is 45.0. The van der Waals surface area contributed by atoms with E-state index >= 15 is 0 Å². The van der Waals surface area contributed by atoms with E-state index in [4.69, 9.17) is 9.05 Å². The van der Waals surface area contributed by atoms with Crippen molar-refractivity contribution in [3.05, 3.63) is 12.2 Å². The van der Waals surface area contributed by atoms with E-state index in [1.165, 1.54) is 231 Å². The number of hydrogen-bond acceptors (Lipinski definition) is 5. The monoisotopic (exact) mass is 956 g/mol. The Morgan fingerprint density at radius 3 is 1.17 bits per heavy atom. The first kappa shape index (κ1) is 65.2. The van der Waals surface area contributed by atoms with Crippen molar-refractivity contribution in [1.82, 2.24) is 5.32 Å². The molecule has 394 valence electrons. The van der Waals surface area contributed by atoms with Crippen LogP contribution in [-0.2, 0) is 18.4 Å². The molecule has 3 unspecified atom stereocenters. The fourth-order valence-electron chi connectivity index (χ4n) is 8.93. The minimum absolute atomic E-state index is 0.0770. The van der Waals surface area contributed by atoms with Crippen molar-refractivity contribution >= 4 is 13.7 Å². The van der Waals surface area contributed by atoms with Gasteiger partial charge in [-0.15, -0.1) is 0 Å². The first-order chi connectivity index (χ1) is 32.0. The summed E-state index contributed by atoms with van der Waals surface area (Å²) < 4.78 is 23.8. The van der Waals surface area contributed by atoms with Gasteiger partial charge in [0.05, 0.1) is 39.9 Å². The molecule has 8 nitrogen and oxygen atoms in total. The van der Waals surface area contributed by atoms with E-state index in [-0.39, 0.29) is 19.1 Å². The van der Waals surface area contributed by atoms with Crippen LogP contribution in [0.1, 0.15) is 296 Å². The van der Waals surface area contributed by atoms with Gasteiger partial charge in [0.1, 0.15) is 13.2 Å². The smallest absolute Gasteiger partial charge is 0.391 e. The predicted molar refractivity (Wildman–Crippen MR) is 286 cm³/mol. The van der Waals surface area contributed by atoms with Crippen LogP contribution in [0.2, 0.25) is 0 Å². The number of hydrogen-bond donors (Lipinski definition) is 3. The van der Waals surface area contributed by atoms with E-state index in [1.807, 2.05) is 21.1 Å². The SMILES string of the molecule is CCCCCCCCCCCCCC/C=C\CCCCCCCCCCCCC(=O)NC(COP(=O)(O)OCC[N+](C)(C)C)C(O)CCCCCCCCCCCCCCCCCCCC. The summed E-state index contributed by atoms with van der Waals surface area (Å²) in [6.45, 7) is 4.93. The molecule has 0 rings (SSSR count). The Morgan fingerprint density at radius 2 is 0.818 bits per heavy atom. The van der Waals surface area contributed by atoms with Crippen LogP contribution < -0.4 is 5.32 Å². The second-order valence-corrected chi connectivity index (χ2v) is 22.8. The topological polar surface area (TPSA) is 105 Å². The molecular weight excluding hydrogens is 840 g/mol. The van der Waals surface area contributed by atoms with Gasteiger partial charge in [-0.2, -0.15) is 0 Å². The number of nitrogens with zero attached hydrogens (tertiary/aromatic N) is 1. The molecule has 0 aromatic carbocycles. The van der Waals surface area contributed by atoms with Gasteiger partial charge >= 0.3 is 7.82 Å². The molecule has 0 aliphatic heterocycles. The Morgan fingerprint density at radius 1 is 0.500 bits per heavy atom. The lowest BCUT2D eigenvalue weighted by molar-refractivity contribution is -0.870. The average molecular weight is 957 g/mol. The summed E-state index contributed by atoms with van der Waals surface area (Å²) in [5, 5.41) is 14.1. The van der Waals surface area contributed by atoms with Gasteiger partial charge < -0.3 is 19.8 Å². The normalized spacial score (nSPS) is 14.0. The van der Waals surface area contributed by atoms with Crippen molar-refractivity contribution in [1.29, 1.82) is 0 Å². The van der Waals surface area contributed by atoms with Gasteiger partial charge in [-0.25, -0.2) is 4.57 Å². The molecule has 0 aromatic rings. The molecule has 0 bridgehead atoms. The number of phosphoric acid groups is 1. The summed E-state index contributed by atoms with van der Waals surface area (Å²) in [6, 6.07) is -0.758. The number of likely N-dealkylation sites (N-methyl/N-ethyl adjacent to an activating group) is 1. The van der Waals surface area contributed by atoms with Crippen molar-refractivity contribution in [2.75, 3.05) is 40.9 Å². The van der Waals surface area contributed by atoms with Crippen molar-refractivity contribution in [2.45, 2.75) is 309 Å². The second-order valence-electron chi connectivity index (χ2n) is 21.4. The zero-order chi connectivity index (χ0) is 48.5. The molecule has 0 aromatic heterocycles. The quantitative estimate of drug-likeness (QED) is 0.0243. The van der Waals surface area contributed by atoms with Gasteiger partial charge in [-0.3, -0.25) is 13.8 Å². The average Bonchev–Trinajstić information content (AvgIpc) is 3.28. The highest BCUT2D eigenvalue weighted by atomic mass is 31.2. The highest BCUT2D eigenvalue weighted by Gasteiger charge is 2.28. The number of quaternary nitrogens is 1. The second kappa shape index (κ2) is 49.2. The summed E-state index contributed by atoms with van der Waals surface area (Å²) in [6.07, 6.45) is 59.8. The molecule has 0 aliphatic carbocycles. The Labute approximate surface area is 412 Å². The maximum absolute atomic E-state index is 13.0. The van der Waals surface area contributed by atoms with Crippen LogP contribution in [0, 0.1) is 0 Å². The number of carbonyl (C=O) groups is 1. The predicted octanol–water partition coefficient (Wildman–Crippen LogP) is 17.4. The number of aliphatic hydroxyl groups is 1. The Balaban J connectivity index is 4.12. The fourth-order valence-corrected chi connectivity index (χ4v) is 9.66. The molecule has 0 aliphatic rings. The van der Waals surface area contributed by atoms with Crippen LogP contribution in [0.15, 0.2) is 12.2 Å². The van der Waals surface area contributed by atoms with E-state index in [2.05, 4.69) is 31.3 Å². The Kier molecular flexibility index (Phi) is 48.7. The first-order valence-electron chi connectivity index (χ1n) is 29.1. The molecule has 0 saturated carbocycles. The lowest BCUT2D eigenvalue weighted by atomic mass is 10.0. The summed E-state index contributed by atoms with van der Waals surface area (Å²) in [5.41, 5.74) is 0. The molecular formula is C57H116N2O6P+. The maximum Gasteiger partial charge on any atom is 0.472 e. The molecule has 0 fully saturated rings. The molecule has 9 heteroatoms. The number of aliphatic hydroxyl groups excluding tert-OH is 1. The standard InChI is InChI=1S/C57H115N2O6P/c1-6-8-10-12-14-16-18-20-22-24-26-27-28-29-30-31-32-33-35-37-39-41-43-45-47-49-51-57(61)58-55(54-65-66(62,63)64-53-52-59(3,4)5)56(60)50-48-46-44-42-40-38-36-34-25-23-21-19-17-15-13-11-9-7-2/h29-30,55-56,60H,6-28,31-54H2,1-5H3,(H-,58,61,62,63)/p+1/b30-29-. The molecule has 3 N–H and O–H groups in total. The lowest BCUT2D eigenvalue weighted by Crippen LogP contribution is -2.46. The maximum atomic E-state index is 13.0. The van der Waals surface area contributed by atoms with Gasteiger partial charge in [-0.1, -0.05) is 264 Å². The summed E-state index contributed by atoms with van der Waals surface area (Å²) in [5.74, 6) is -0.140. The largest absolute Gasteiger partial charge is 0.472 e. The third-order valence-corrected chi connectivity index (χ3v) is 14.5. The Bertz CT molecular complexity index is 1080. The van der Waals surface area contributed by atoms with Gasteiger partial charge in [0.15, 0.2) is 0 Å². The molecule has 1 amide bonds. The number of unbranched alkanes of at least 4 members (excludes halogenated alkanes) is 39. The van der Waals surface area contributed by atoms with Gasteiger partial charge in [0, 0.05) is 6.42 Å². The Hall–Kier alpha value is -0.760.